The number of carbonyl (C=O) groups excluding carboxylic acids is 1. The number of nitrogens with one attached hydrogen (secondary N) is 3. The number of anilines is 5. The van der Waals surface area contributed by atoms with Crippen LogP contribution in [-0.4, -0.2) is 30.4 Å². The van der Waals surface area contributed by atoms with Crippen molar-refractivity contribution in [1.82, 2.24) is 24.5 Å². The molecule has 33 heavy (non-hydrogen) atoms. The molecule has 0 atom stereocenters. The van der Waals surface area contributed by atoms with Crippen LogP contribution >= 0.6 is 0 Å². The second kappa shape index (κ2) is 9.23. The van der Waals surface area contributed by atoms with Gasteiger partial charge in [-0.15, -0.1) is 0 Å². The molecule has 3 heterocycles. The zero-order valence-electron chi connectivity index (χ0n) is 18.5. The van der Waals surface area contributed by atoms with E-state index in [4.69, 9.17) is 9.97 Å². The Morgan fingerprint density at radius 2 is 1.73 bits per heavy atom. The maximum absolute atomic E-state index is 11.3. The molecule has 5 rings (SSSR count). The number of nitrogens with zero attached hydrogens (tertiary/aromatic N) is 5. The monoisotopic (exact) mass is 442 g/mol. The normalized spacial score (nSPS) is 14.2. The minimum Gasteiger partial charge on any atom is -0.338 e. The van der Waals surface area contributed by atoms with Gasteiger partial charge in [-0.3, -0.25) is 4.79 Å². The van der Waals surface area contributed by atoms with Gasteiger partial charge in [-0.1, -0.05) is 25.3 Å². The molecular weight excluding hydrogens is 416 g/mol. The van der Waals surface area contributed by atoms with Crippen molar-refractivity contribution >= 4 is 46.0 Å². The molecule has 9 nitrogen and oxygen atoms in total. The van der Waals surface area contributed by atoms with Crippen molar-refractivity contribution in [2.45, 2.75) is 45.1 Å². The Morgan fingerprint density at radius 3 is 2.45 bits per heavy atom. The van der Waals surface area contributed by atoms with Crippen LogP contribution in [0.15, 0.2) is 55.0 Å². The summed E-state index contributed by atoms with van der Waals surface area (Å²) in [4.78, 5) is 29.8. The maximum Gasteiger partial charge on any atom is 0.232 e. The Morgan fingerprint density at radius 1 is 0.939 bits per heavy atom. The number of hydrogen-bond donors (Lipinski definition) is 3. The van der Waals surface area contributed by atoms with E-state index in [0.29, 0.717) is 23.6 Å². The molecule has 0 saturated heterocycles. The number of benzene rings is 1. The lowest BCUT2D eigenvalue weighted by Crippen LogP contribution is -2.13. The number of pyridine rings is 1. The molecule has 1 saturated carbocycles. The molecule has 3 aromatic heterocycles. The summed E-state index contributed by atoms with van der Waals surface area (Å²) in [6.45, 7) is 1.49. The lowest BCUT2D eigenvalue weighted by Gasteiger charge is -2.23. The summed E-state index contributed by atoms with van der Waals surface area (Å²) in [5.41, 5.74) is 3.09. The summed E-state index contributed by atoms with van der Waals surface area (Å²) < 4.78 is 2.19. The number of hydrogen-bond acceptors (Lipinski definition) is 7. The summed E-state index contributed by atoms with van der Waals surface area (Å²) in [6.07, 6.45) is 9.60. The van der Waals surface area contributed by atoms with Crippen molar-refractivity contribution in [3.05, 3.63) is 55.0 Å². The number of fused-ring (bicyclic) bond motifs is 1. The first-order valence-corrected chi connectivity index (χ1v) is 11.2. The van der Waals surface area contributed by atoms with E-state index in [1.165, 1.54) is 26.2 Å². The van der Waals surface area contributed by atoms with Crippen LogP contribution in [0.4, 0.5) is 29.0 Å². The molecule has 3 N–H and O–H groups in total. The average molecular weight is 443 g/mol. The van der Waals surface area contributed by atoms with E-state index in [9.17, 15) is 4.79 Å². The van der Waals surface area contributed by atoms with Crippen LogP contribution in [0.1, 0.15) is 45.1 Å². The molecule has 1 aliphatic rings. The van der Waals surface area contributed by atoms with Gasteiger partial charge in [-0.05, 0) is 49.2 Å². The van der Waals surface area contributed by atoms with Crippen LogP contribution in [0.25, 0.3) is 11.2 Å². The van der Waals surface area contributed by atoms with E-state index in [1.54, 1.807) is 6.20 Å². The van der Waals surface area contributed by atoms with Crippen LogP contribution in [0, 0.1) is 0 Å². The van der Waals surface area contributed by atoms with Crippen molar-refractivity contribution in [3.8, 4) is 0 Å². The fourth-order valence-corrected chi connectivity index (χ4v) is 4.21. The smallest absolute Gasteiger partial charge is 0.232 e. The van der Waals surface area contributed by atoms with Gasteiger partial charge < -0.3 is 20.5 Å². The molecule has 168 valence electrons. The predicted octanol–water partition coefficient (Wildman–Crippen LogP) is 5.17. The average Bonchev–Trinajstić information content (AvgIpc) is 3.26. The molecule has 0 bridgehead atoms. The van der Waals surface area contributed by atoms with Gasteiger partial charge in [0.2, 0.25) is 11.9 Å². The largest absolute Gasteiger partial charge is 0.338 e. The summed E-state index contributed by atoms with van der Waals surface area (Å²) in [6, 6.07) is 13.5. The van der Waals surface area contributed by atoms with Crippen molar-refractivity contribution in [2.75, 3.05) is 16.0 Å². The fraction of sp³-hybridized carbons (Fsp3) is 0.292. The van der Waals surface area contributed by atoms with Crippen LogP contribution < -0.4 is 16.0 Å². The van der Waals surface area contributed by atoms with Crippen molar-refractivity contribution < 1.29 is 4.79 Å². The van der Waals surface area contributed by atoms with E-state index in [1.807, 2.05) is 48.8 Å². The standard InChI is InChI=1S/C24H26N8O/c1-16(33)27-17-10-12-18(13-11-17)28-22-21-23(32(15-26-21)19-7-3-2-4-8-19)31-24(30-22)29-20-9-5-6-14-25-20/h5-6,9-15,19H,2-4,7-8H2,1H3,(H,27,33)(H2,25,28,29,30,31). The van der Waals surface area contributed by atoms with Crippen molar-refractivity contribution in [3.63, 3.8) is 0 Å². The van der Waals surface area contributed by atoms with E-state index in [0.717, 1.165) is 35.4 Å². The minimum atomic E-state index is -0.105. The van der Waals surface area contributed by atoms with Gasteiger partial charge in [0.1, 0.15) is 5.82 Å². The van der Waals surface area contributed by atoms with Gasteiger partial charge in [0.25, 0.3) is 0 Å². The molecule has 0 aliphatic heterocycles. The third-order valence-corrected chi connectivity index (χ3v) is 5.76. The SMILES string of the molecule is CC(=O)Nc1ccc(Nc2nc(Nc3ccccn3)nc3c2ncn3C2CCCCC2)cc1. The zero-order chi connectivity index (χ0) is 22.6. The summed E-state index contributed by atoms with van der Waals surface area (Å²) in [7, 11) is 0. The first-order chi connectivity index (χ1) is 16.2. The van der Waals surface area contributed by atoms with Gasteiger partial charge in [-0.25, -0.2) is 9.97 Å². The minimum absolute atomic E-state index is 0.105. The lowest BCUT2D eigenvalue weighted by atomic mass is 9.95. The topological polar surface area (TPSA) is 110 Å². The number of carbonyl (C=O) groups is 1. The highest BCUT2D eigenvalue weighted by Crippen LogP contribution is 2.33. The van der Waals surface area contributed by atoms with E-state index in [2.05, 4.69) is 30.5 Å². The number of aromatic nitrogens is 5. The quantitative estimate of drug-likeness (QED) is 0.378. The molecule has 0 spiro atoms. The van der Waals surface area contributed by atoms with E-state index < -0.39 is 0 Å². The van der Waals surface area contributed by atoms with Crippen molar-refractivity contribution in [2.24, 2.45) is 0 Å². The lowest BCUT2D eigenvalue weighted by molar-refractivity contribution is -0.114. The van der Waals surface area contributed by atoms with Crippen LogP contribution in [0.3, 0.4) is 0 Å². The molecule has 1 fully saturated rings. The van der Waals surface area contributed by atoms with Crippen LogP contribution in [0.5, 0.6) is 0 Å². The maximum atomic E-state index is 11.3. The summed E-state index contributed by atoms with van der Waals surface area (Å²) in [5, 5.41) is 9.36. The molecule has 1 amide bonds. The highest BCUT2D eigenvalue weighted by molar-refractivity contribution is 5.89. The Labute approximate surface area is 191 Å². The molecule has 1 aliphatic carbocycles. The van der Waals surface area contributed by atoms with Crippen molar-refractivity contribution in [1.29, 1.82) is 0 Å². The Balaban J connectivity index is 1.51. The second-order valence-electron chi connectivity index (χ2n) is 8.24. The second-order valence-corrected chi connectivity index (χ2v) is 8.24. The third kappa shape index (κ3) is 4.77. The fourth-order valence-electron chi connectivity index (χ4n) is 4.21. The molecule has 9 heteroatoms. The molecule has 1 aromatic carbocycles. The Hall–Kier alpha value is -4.01. The van der Waals surface area contributed by atoms with Crippen LogP contribution in [0.2, 0.25) is 0 Å². The zero-order valence-corrected chi connectivity index (χ0v) is 18.5. The first-order valence-electron chi connectivity index (χ1n) is 11.2. The predicted molar refractivity (Wildman–Crippen MR) is 129 cm³/mol. The van der Waals surface area contributed by atoms with Gasteiger partial charge in [0.05, 0.1) is 6.33 Å². The molecule has 4 aromatic rings. The summed E-state index contributed by atoms with van der Waals surface area (Å²) >= 11 is 0. The summed E-state index contributed by atoms with van der Waals surface area (Å²) in [5.74, 6) is 1.63. The molecule has 0 radical (unpaired) electrons. The van der Waals surface area contributed by atoms with Gasteiger partial charge in [0.15, 0.2) is 17.0 Å². The van der Waals surface area contributed by atoms with Gasteiger partial charge in [-0.2, -0.15) is 9.97 Å². The third-order valence-electron chi connectivity index (χ3n) is 5.76. The Bertz CT molecular complexity index is 1250. The highest BCUT2D eigenvalue weighted by atomic mass is 16.1. The molecular formula is C24H26N8O. The number of imidazole rings is 1. The Kier molecular flexibility index (Phi) is 5.84. The van der Waals surface area contributed by atoms with Gasteiger partial charge >= 0.3 is 0 Å². The number of rotatable bonds is 6. The van der Waals surface area contributed by atoms with E-state index in [-0.39, 0.29) is 5.91 Å². The van der Waals surface area contributed by atoms with Gasteiger partial charge in [0, 0.05) is 30.5 Å². The molecule has 0 unspecified atom stereocenters. The highest BCUT2D eigenvalue weighted by Gasteiger charge is 2.21. The number of amides is 1. The van der Waals surface area contributed by atoms with E-state index >= 15 is 0 Å². The first kappa shape index (κ1) is 20.9. The van der Waals surface area contributed by atoms with Crippen LogP contribution in [-0.2, 0) is 4.79 Å².